The van der Waals surface area contributed by atoms with Gasteiger partial charge in [0.25, 0.3) is 5.91 Å². The maximum atomic E-state index is 13.1. The second-order valence-electron chi connectivity index (χ2n) is 5.67. The first-order valence-electron chi connectivity index (χ1n) is 7.92. The summed E-state index contributed by atoms with van der Waals surface area (Å²) < 4.78 is 41.0. The van der Waals surface area contributed by atoms with Crippen LogP contribution in [-0.4, -0.2) is 10.5 Å². The summed E-state index contributed by atoms with van der Waals surface area (Å²) in [6.07, 6.45) is -3.24. The van der Waals surface area contributed by atoms with Crippen LogP contribution in [0.1, 0.15) is 22.8 Å². The number of halogens is 3. The van der Waals surface area contributed by atoms with Crippen molar-refractivity contribution in [3.63, 3.8) is 0 Å². The Morgan fingerprint density at radius 2 is 1.73 bits per heavy atom. The first kappa shape index (κ1) is 17.7. The van der Waals surface area contributed by atoms with Crippen LogP contribution in [0.2, 0.25) is 0 Å². The summed E-state index contributed by atoms with van der Waals surface area (Å²) in [5.41, 5.74) is -1.42. The Hall–Kier alpha value is -3.09. The fourth-order valence-electron chi connectivity index (χ4n) is 2.80. The number of rotatable bonds is 3. The second-order valence-corrected chi connectivity index (χ2v) is 5.67. The Labute approximate surface area is 146 Å². The number of anilines is 1. The lowest BCUT2D eigenvalue weighted by Crippen LogP contribution is -2.25. The third kappa shape index (κ3) is 3.20. The average Bonchev–Trinajstić information content (AvgIpc) is 2.62. The number of hydrogen-bond acceptors (Lipinski definition) is 2. The molecular formula is C19H15F3N2O2. The molecule has 0 radical (unpaired) electrons. The van der Waals surface area contributed by atoms with E-state index in [-0.39, 0.29) is 11.3 Å². The molecule has 0 saturated carbocycles. The lowest BCUT2D eigenvalue weighted by molar-refractivity contribution is -0.136. The zero-order valence-electron chi connectivity index (χ0n) is 13.8. The summed E-state index contributed by atoms with van der Waals surface area (Å²) in [5, 5.41) is 2.56. The van der Waals surface area contributed by atoms with Crippen molar-refractivity contribution in [2.75, 3.05) is 5.32 Å². The normalized spacial score (nSPS) is 11.5. The zero-order valence-corrected chi connectivity index (χ0v) is 13.8. The number of aromatic nitrogens is 1. The Bertz CT molecular complexity index is 1040. The standard InChI is InChI=1S/C19H15F3N2O2/c1-2-24-11-13(17(25)12-7-3-6-10-16(12)24)18(26)23-15-9-5-4-8-14(15)19(20,21)22/h3-11H,2H2,1H3,(H,23,26). The van der Waals surface area contributed by atoms with Crippen LogP contribution in [-0.2, 0) is 12.7 Å². The maximum absolute atomic E-state index is 13.1. The number of benzene rings is 2. The molecule has 0 aliphatic carbocycles. The molecule has 1 N–H and O–H groups in total. The number of hydrogen-bond donors (Lipinski definition) is 1. The molecule has 1 heterocycles. The van der Waals surface area contributed by atoms with E-state index < -0.39 is 23.1 Å². The molecule has 0 aliphatic heterocycles. The van der Waals surface area contributed by atoms with E-state index in [4.69, 9.17) is 0 Å². The molecule has 1 amide bonds. The SMILES string of the molecule is CCn1cc(C(=O)Nc2ccccc2C(F)(F)F)c(=O)c2ccccc21. The highest BCUT2D eigenvalue weighted by atomic mass is 19.4. The highest BCUT2D eigenvalue weighted by molar-refractivity contribution is 6.06. The van der Waals surface area contributed by atoms with Gasteiger partial charge in [-0.25, -0.2) is 0 Å². The van der Waals surface area contributed by atoms with Gasteiger partial charge in [-0.15, -0.1) is 0 Å². The number of pyridine rings is 1. The van der Waals surface area contributed by atoms with Crippen LogP contribution < -0.4 is 10.7 Å². The van der Waals surface area contributed by atoms with Gasteiger partial charge in [0.1, 0.15) is 5.56 Å². The number of alkyl halides is 3. The number of carbonyl (C=O) groups is 1. The van der Waals surface area contributed by atoms with Gasteiger partial charge < -0.3 is 9.88 Å². The summed E-state index contributed by atoms with van der Waals surface area (Å²) in [6, 6.07) is 11.4. The first-order valence-corrected chi connectivity index (χ1v) is 7.92. The van der Waals surface area contributed by atoms with Crippen LogP contribution in [0, 0.1) is 0 Å². The Balaban J connectivity index is 2.08. The summed E-state index contributed by atoms with van der Waals surface area (Å²) in [4.78, 5) is 25.1. The van der Waals surface area contributed by atoms with E-state index in [9.17, 15) is 22.8 Å². The summed E-state index contributed by atoms with van der Waals surface area (Å²) in [5.74, 6) is -0.875. The smallest absolute Gasteiger partial charge is 0.347 e. The molecule has 0 bridgehead atoms. The van der Waals surface area contributed by atoms with Crippen molar-refractivity contribution in [3.05, 3.63) is 76.1 Å². The van der Waals surface area contributed by atoms with E-state index in [0.29, 0.717) is 17.4 Å². The van der Waals surface area contributed by atoms with Gasteiger partial charge in [0, 0.05) is 18.1 Å². The third-order valence-electron chi connectivity index (χ3n) is 4.05. The second kappa shape index (κ2) is 6.67. The molecule has 2 aromatic carbocycles. The minimum atomic E-state index is -4.61. The minimum Gasteiger partial charge on any atom is -0.347 e. The summed E-state index contributed by atoms with van der Waals surface area (Å²) in [6.45, 7) is 2.35. The van der Waals surface area contributed by atoms with Gasteiger partial charge in [-0.05, 0) is 31.2 Å². The molecule has 0 unspecified atom stereocenters. The zero-order chi connectivity index (χ0) is 18.9. The molecule has 0 aliphatic rings. The first-order chi connectivity index (χ1) is 12.3. The van der Waals surface area contributed by atoms with Crippen molar-refractivity contribution in [3.8, 4) is 0 Å². The van der Waals surface area contributed by atoms with Crippen LogP contribution in [0.15, 0.2) is 59.5 Å². The highest BCUT2D eigenvalue weighted by Gasteiger charge is 2.33. The van der Waals surface area contributed by atoms with Gasteiger partial charge in [0.15, 0.2) is 0 Å². The van der Waals surface area contributed by atoms with E-state index in [1.54, 1.807) is 28.8 Å². The van der Waals surface area contributed by atoms with Crippen molar-refractivity contribution in [2.24, 2.45) is 0 Å². The summed E-state index contributed by atoms with van der Waals surface area (Å²) >= 11 is 0. The van der Waals surface area contributed by atoms with Crippen LogP contribution in [0.4, 0.5) is 18.9 Å². The van der Waals surface area contributed by atoms with Gasteiger partial charge >= 0.3 is 6.18 Å². The van der Waals surface area contributed by atoms with Crippen LogP contribution in [0.3, 0.4) is 0 Å². The van der Waals surface area contributed by atoms with Crippen molar-refractivity contribution < 1.29 is 18.0 Å². The van der Waals surface area contributed by atoms with Gasteiger partial charge in [-0.3, -0.25) is 9.59 Å². The molecule has 0 fully saturated rings. The van der Waals surface area contributed by atoms with Crippen LogP contribution >= 0.6 is 0 Å². The van der Waals surface area contributed by atoms with Gasteiger partial charge in [-0.2, -0.15) is 13.2 Å². The number of para-hydroxylation sites is 2. The number of aryl methyl sites for hydroxylation is 1. The maximum Gasteiger partial charge on any atom is 0.418 e. The quantitative estimate of drug-likeness (QED) is 0.757. The minimum absolute atomic E-state index is 0.206. The van der Waals surface area contributed by atoms with Gasteiger partial charge in [0.2, 0.25) is 5.43 Å². The lowest BCUT2D eigenvalue weighted by Gasteiger charge is -2.15. The predicted molar refractivity (Wildman–Crippen MR) is 93.3 cm³/mol. The molecule has 0 saturated heterocycles. The number of nitrogens with zero attached hydrogens (tertiary/aromatic N) is 1. The number of nitrogens with one attached hydrogen (secondary N) is 1. The fraction of sp³-hybridized carbons (Fsp3) is 0.158. The molecule has 26 heavy (non-hydrogen) atoms. The fourth-order valence-corrected chi connectivity index (χ4v) is 2.80. The van der Waals surface area contributed by atoms with Crippen molar-refractivity contribution in [1.29, 1.82) is 0 Å². The Morgan fingerprint density at radius 3 is 2.42 bits per heavy atom. The lowest BCUT2D eigenvalue weighted by atomic mass is 10.1. The molecule has 3 rings (SSSR count). The molecule has 1 aromatic heterocycles. The van der Waals surface area contributed by atoms with Crippen LogP contribution in [0.25, 0.3) is 10.9 Å². The van der Waals surface area contributed by atoms with E-state index in [1.807, 2.05) is 6.92 Å². The topological polar surface area (TPSA) is 51.1 Å². The molecule has 134 valence electrons. The number of carbonyl (C=O) groups excluding carboxylic acids is 1. The van der Waals surface area contributed by atoms with Crippen LogP contribution in [0.5, 0.6) is 0 Å². The van der Waals surface area contributed by atoms with E-state index in [1.165, 1.54) is 18.3 Å². The van der Waals surface area contributed by atoms with Crippen molar-refractivity contribution >= 4 is 22.5 Å². The highest BCUT2D eigenvalue weighted by Crippen LogP contribution is 2.34. The number of fused-ring (bicyclic) bond motifs is 1. The summed E-state index contributed by atoms with van der Waals surface area (Å²) in [7, 11) is 0. The largest absolute Gasteiger partial charge is 0.418 e. The van der Waals surface area contributed by atoms with Crippen molar-refractivity contribution in [2.45, 2.75) is 19.6 Å². The molecule has 7 heteroatoms. The molecule has 3 aromatic rings. The average molecular weight is 360 g/mol. The third-order valence-corrected chi connectivity index (χ3v) is 4.05. The number of amides is 1. The molecule has 4 nitrogen and oxygen atoms in total. The van der Waals surface area contributed by atoms with E-state index in [2.05, 4.69) is 5.32 Å². The van der Waals surface area contributed by atoms with Gasteiger partial charge in [0.05, 0.1) is 16.8 Å². The Morgan fingerprint density at radius 1 is 1.08 bits per heavy atom. The van der Waals surface area contributed by atoms with E-state index in [0.717, 1.165) is 12.1 Å². The predicted octanol–water partition coefficient (Wildman–Crippen LogP) is 4.29. The Kier molecular flexibility index (Phi) is 4.54. The molecule has 0 spiro atoms. The molecule has 0 atom stereocenters. The monoisotopic (exact) mass is 360 g/mol. The van der Waals surface area contributed by atoms with E-state index >= 15 is 0 Å². The molecular weight excluding hydrogens is 345 g/mol. The van der Waals surface area contributed by atoms with Gasteiger partial charge in [-0.1, -0.05) is 24.3 Å². The van der Waals surface area contributed by atoms with Crippen molar-refractivity contribution in [1.82, 2.24) is 4.57 Å².